The molecule has 86 valence electrons. The molecule has 0 saturated heterocycles. The molecule has 0 unspecified atom stereocenters. The second-order valence-electron chi connectivity index (χ2n) is 4.26. The van der Waals surface area contributed by atoms with E-state index in [9.17, 15) is 0 Å². The molecule has 1 rings (SSSR count). The highest BCUT2D eigenvalue weighted by Gasteiger charge is 2.07. The normalized spacial score (nSPS) is 11.6. The zero-order valence-electron chi connectivity index (χ0n) is 10.0. The van der Waals surface area contributed by atoms with Gasteiger partial charge in [-0.2, -0.15) is 0 Å². The molecule has 0 amide bonds. The molecule has 1 aromatic heterocycles. The molecule has 1 heterocycles. The second kappa shape index (κ2) is 5.93. The van der Waals surface area contributed by atoms with Gasteiger partial charge in [0.05, 0.1) is 25.5 Å². The van der Waals surface area contributed by atoms with Crippen LogP contribution >= 0.6 is 0 Å². The summed E-state index contributed by atoms with van der Waals surface area (Å²) in [4.78, 5) is 0. The number of rotatable bonds is 6. The van der Waals surface area contributed by atoms with E-state index in [2.05, 4.69) is 19.2 Å². The average molecular weight is 211 g/mol. The number of nitrogens with one attached hydrogen (secondary N) is 1. The van der Waals surface area contributed by atoms with Crippen LogP contribution in [0.25, 0.3) is 0 Å². The van der Waals surface area contributed by atoms with Crippen LogP contribution in [-0.4, -0.2) is 12.1 Å². The highest BCUT2D eigenvalue weighted by Crippen LogP contribution is 2.12. The highest BCUT2D eigenvalue weighted by molar-refractivity contribution is 5.15. The summed E-state index contributed by atoms with van der Waals surface area (Å²) in [5, 5.41) is 3.33. The summed E-state index contributed by atoms with van der Waals surface area (Å²) in [6.07, 6.45) is 1.97. The van der Waals surface area contributed by atoms with Crippen LogP contribution in [0.4, 0.5) is 0 Å². The SMILES string of the molecule is CC(C)NCc1occc1COC(C)C. The van der Waals surface area contributed by atoms with Crippen molar-refractivity contribution in [3.05, 3.63) is 23.7 Å². The minimum atomic E-state index is 0.255. The van der Waals surface area contributed by atoms with E-state index in [0.29, 0.717) is 12.6 Å². The Labute approximate surface area is 91.8 Å². The Morgan fingerprint density at radius 1 is 1.33 bits per heavy atom. The van der Waals surface area contributed by atoms with Crippen molar-refractivity contribution < 1.29 is 9.15 Å². The lowest BCUT2D eigenvalue weighted by Gasteiger charge is -2.09. The Morgan fingerprint density at radius 2 is 2.07 bits per heavy atom. The van der Waals surface area contributed by atoms with Gasteiger partial charge in [-0.25, -0.2) is 0 Å². The molecule has 3 heteroatoms. The average Bonchev–Trinajstić information content (AvgIpc) is 2.58. The maximum Gasteiger partial charge on any atom is 0.123 e. The standard InChI is InChI=1S/C12H21NO2/c1-9(2)13-7-12-11(5-6-14-12)8-15-10(3)4/h5-6,9-10,13H,7-8H2,1-4H3. The third kappa shape index (κ3) is 4.49. The zero-order chi connectivity index (χ0) is 11.3. The van der Waals surface area contributed by atoms with Gasteiger partial charge in [0.25, 0.3) is 0 Å². The third-order valence-corrected chi connectivity index (χ3v) is 2.08. The topological polar surface area (TPSA) is 34.4 Å². The molecule has 0 aromatic carbocycles. The fourth-order valence-electron chi connectivity index (χ4n) is 1.20. The quantitative estimate of drug-likeness (QED) is 0.785. The molecular formula is C12H21NO2. The van der Waals surface area contributed by atoms with Gasteiger partial charge < -0.3 is 14.5 Å². The smallest absolute Gasteiger partial charge is 0.123 e. The van der Waals surface area contributed by atoms with Crippen LogP contribution in [0.1, 0.15) is 39.0 Å². The molecule has 0 radical (unpaired) electrons. The van der Waals surface area contributed by atoms with Crippen LogP contribution in [-0.2, 0) is 17.9 Å². The van der Waals surface area contributed by atoms with Crippen molar-refractivity contribution in [1.29, 1.82) is 0 Å². The molecule has 0 aliphatic carbocycles. The summed E-state index contributed by atoms with van der Waals surface area (Å²) in [6.45, 7) is 9.70. The molecular weight excluding hydrogens is 190 g/mol. The van der Waals surface area contributed by atoms with Crippen molar-refractivity contribution in [2.24, 2.45) is 0 Å². The van der Waals surface area contributed by atoms with Gasteiger partial charge in [0.2, 0.25) is 0 Å². The molecule has 0 spiro atoms. The van der Waals surface area contributed by atoms with Gasteiger partial charge in [0.1, 0.15) is 5.76 Å². The van der Waals surface area contributed by atoms with Crippen molar-refractivity contribution in [3.63, 3.8) is 0 Å². The first-order chi connectivity index (χ1) is 7.09. The van der Waals surface area contributed by atoms with Crippen LogP contribution in [0.15, 0.2) is 16.7 Å². The van der Waals surface area contributed by atoms with Crippen molar-refractivity contribution in [2.75, 3.05) is 0 Å². The molecule has 0 fully saturated rings. The first kappa shape index (κ1) is 12.3. The van der Waals surface area contributed by atoms with Crippen LogP contribution in [0.2, 0.25) is 0 Å². The Bertz CT molecular complexity index is 252. The molecule has 0 saturated carbocycles. The number of furan rings is 1. The lowest BCUT2D eigenvalue weighted by atomic mass is 10.2. The summed E-state index contributed by atoms with van der Waals surface area (Å²) in [7, 11) is 0. The van der Waals surface area contributed by atoms with E-state index in [1.54, 1.807) is 6.26 Å². The molecule has 3 nitrogen and oxygen atoms in total. The lowest BCUT2D eigenvalue weighted by molar-refractivity contribution is 0.0647. The Morgan fingerprint density at radius 3 is 2.67 bits per heavy atom. The maximum atomic E-state index is 5.55. The van der Waals surface area contributed by atoms with Gasteiger partial charge in [-0.1, -0.05) is 13.8 Å². The Kier molecular flexibility index (Phi) is 4.85. The van der Waals surface area contributed by atoms with Gasteiger partial charge in [0.15, 0.2) is 0 Å². The van der Waals surface area contributed by atoms with Crippen LogP contribution < -0.4 is 5.32 Å². The second-order valence-corrected chi connectivity index (χ2v) is 4.26. The van der Waals surface area contributed by atoms with E-state index in [1.807, 2.05) is 19.9 Å². The molecule has 0 aliphatic heterocycles. The first-order valence-corrected chi connectivity index (χ1v) is 5.49. The van der Waals surface area contributed by atoms with Crippen LogP contribution in [0, 0.1) is 0 Å². The third-order valence-electron chi connectivity index (χ3n) is 2.08. The summed E-state index contributed by atoms with van der Waals surface area (Å²) in [5.41, 5.74) is 1.14. The maximum absolute atomic E-state index is 5.55. The lowest BCUT2D eigenvalue weighted by Crippen LogP contribution is -2.22. The largest absolute Gasteiger partial charge is 0.468 e. The molecule has 0 bridgehead atoms. The van der Waals surface area contributed by atoms with Crippen molar-refractivity contribution >= 4 is 0 Å². The van der Waals surface area contributed by atoms with E-state index in [-0.39, 0.29) is 6.10 Å². The van der Waals surface area contributed by atoms with Gasteiger partial charge in [0, 0.05) is 11.6 Å². The fourth-order valence-corrected chi connectivity index (χ4v) is 1.20. The number of hydrogen-bond donors (Lipinski definition) is 1. The van der Waals surface area contributed by atoms with Gasteiger partial charge >= 0.3 is 0 Å². The summed E-state index contributed by atoms with van der Waals surface area (Å²) in [6, 6.07) is 2.44. The van der Waals surface area contributed by atoms with Gasteiger partial charge in [-0.15, -0.1) is 0 Å². The minimum Gasteiger partial charge on any atom is -0.468 e. The number of ether oxygens (including phenoxy) is 1. The molecule has 0 aliphatic rings. The summed E-state index contributed by atoms with van der Waals surface area (Å²) in [5.74, 6) is 0.976. The van der Waals surface area contributed by atoms with Crippen molar-refractivity contribution in [2.45, 2.75) is 53.0 Å². The molecule has 0 atom stereocenters. The predicted molar refractivity (Wildman–Crippen MR) is 60.6 cm³/mol. The van der Waals surface area contributed by atoms with Gasteiger partial charge in [-0.3, -0.25) is 0 Å². The molecule has 1 N–H and O–H groups in total. The van der Waals surface area contributed by atoms with E-state index < -0.39 is 0 Å². The van der Waals surface area contributed by atoms with E-state index in [1.165, 1.54) is 0 Å². The molecule has 1 aromatic rings. The number of hydrogen-bond acceptors (Lipinski definition) is 3. The van der Waals surface area contributed by atoms with E-state index in [0.717, 1.165) is 17.9 Å². The van der Waals surface area contributed by atoms with Crippen LogP contribution in [0.3, 0.4) is 0 Å². The predicted octanol–water partition coefficient (Wildman–Crippen LogP) is 2.70. The fraction of sp³-hybridized carbons (Fsp3) is 0.667. The monoisotopic (exact) mass is 211 g/mol. The van der Waals surface area contributed by atoms with Crippen LogP contribution in [0.5, 0.6) is 0 Å². The van der Waals surface area contributed by atoms with Crippen molar-refractivity contribution in [1.82, 2.24) is 5.32 Å². The highest BCUT2D eigenvalue weighted by atomic mass is 16.5. The van der Waals surface area contributed by atoms with Gasteiger partial charge in [-0.05, 0) is 19.9 Å². The summed E-state index contributed by atoms with van der Waals surface area (Å²) >= 11 is 0. The zero-order valence-corrected chi connectivity index (χ0v) is 10.0. The first-order valence-electron chi connectivity index (χ1n) is 5.49. The Balaban J connectivity index is 2.46. The van der Waals surface area contributed by atoms with Crippen molar-refractivity contribution in [3.8, 4) is 0 Å². The minimum absolute atomic E-state index is 0.255. The van der Waals surface area contributed by atoms with E-state index >= 15 is 0 Å². The summed E-state index contributed by atoms with van der Waals surface area (Å²) < 4.78 is 11.0. The Hall–Kier alpha value is -0.800. The molecule has 15 heavy (non-hydrogen) atoms. The van der Waals surface area contributed by atoms with E-state index in [4.69, 9.17) is 9.15 Å².